The monoisotopic (exact) mass is 381 g/mol. The van der Waals surface area contributed by atoms with Gasteiger partial charge in [-0.3, -0.25) is 14.8 Å². The topological polar surface area (TPSA) is 152 Å². The third-order valence-electron chi connectivity index (χ3n) is 4.39. The zero-order valence-corrected chi connectivity index (χ0v) is 14.6. The van der Waals surface area contributed by atoms with Crippen molar-refractivity contribution in [3.8, 4) is 0 Å². The summed E-state index contributed by atoms with van der Waals surface area (Å²) in [4.78, 5) is 22.5. The lowest BCUT2D eigenvalue weighted by Gasteiger charge is -2.14. The SMILES string of the molecule is NC(=O)[C@H](CC(=O)NO)NS(=O)(=O)c1ccc2c3c(oc2c1)CCCC3. The summed E-state index contributed by atoms with van der Waals surface area (Å²) < 4.78 is 33.0. The zero-order chi connectivity index (χ0) is 18.9. The number of amides is 2. The Hall–Kier alpha value is -2.43. The van der Waals surface area contributed by atoms with Crippen molar-refractivity contribution in [1.29, 1.82) is 0 Å². The molecule has 2 aromatic rings. The normalized spacial score (nSPS) is 15.4. The van der Waals surface area contributed by atoms with Crippen molar-refractivity contribution in [2.45, 2.75) is 43.0 Å². The summed E-state index contributed by atoms with van der Waals surface area (Å²) >= 11 is 0. The number of benzene rings is 1. The molecule has 0 aliphatic heterocycles. The van der Waals surface area contributed by atoms with E-state index in [9.17, 15) is 18.0 Å². The smallest absolute Gasteiger partial charge is 0.245 e. The fraction of sp³-hybridized carbons (Fsp3) is 0.375. The van der Waals surface area contributed by atoms with Crippen molar-refractivity contribution >= 4 is 32.8 Å². The van der Waals surface area contributed by atoms with E-state index in [4.69, 9.17) is 15.4 Å². The molecule has 0 saturated carbocycles. The summed E-state index contributed by atoms with van der Waals surface area (Å²) in [7, 11) is -4.12. The van der Waals surface area contributed by atoms with Gasteiger partial charge in [-0.2, -0.15) is 4.72 Å². The molecular formula is C16H19N3O6S. The number of hydrogen-bond donors (Lipinski definition) is 4. The first kappa shape index (κ1) is 18.4. The maximum absolute atomic E-state index is 12.5. The molecule has 140 valence electrons. The van der Waals surface area contributed by atoms with Gasteiger partial charge in [0.1, 0.15) is 17.4 Å². The summed E-state index contributed by atoms with van der Waals surface area (Å²) in [5.41, 5.74) is 8.04. The molecule has 1 heterocycles. The highest BCUT2D eigenvalue weighted by atomic mass is 32.2. The number of hydrogen-bond acceptors (Lipinski definition) is 6. The van der Waals surface area contributed by atoms with E-state index in [2.05, 4.69) is 4.72 Å². The van der Waals surface area contributed by atoms with Crippen LogP contribution in [0.1, 0.15) is 30.6 Å². The lowest BCUT2D eigenvalue weighted by atomic mass is 9.96. The van der Waals surface area contributed by atoms with Gasteiger partial charge in [-0.15, -0.1) is 0 Å². The Morgan fingerprint density at radius 1 is 1.27 bits per heavy atom. The molecule has 0 saturated heterocycles. The highest BCUT2D eigenvalue weighted by molar-refractivity contribution is 7.89. The standard InChI is InChI=1S/C16H19N3O6S/c17-16(21)12(8-15(20)18-22)19-26(23,24)9-5-6-11-10-3-1-2-4-13(10)25-14(11)7-9/h5-7,12,19,22H,1-4,8H2,(H2,17,21)(H,18,20)/t12-/m0/s1. The molecule has 0 bridgehead atoms. The number of furan rings is 1. The van der Waals surface area contributed by atoms with Crippen LogP contribution in [0.15, 0.2) is 27.5 Å². The zero-order valence-electron chi connectivity index (χ0n) is 13.8. The lowest BCUT2D eigenvalue weighted by molar-refractivity contribution is -0.132. The van der Waals surface area contributed by atoms with Crippen LogP contribution >= 0.6 is 0 Å². The highest BCUT2D eigenvalue weighted by Crippen LogP contribution is 2.33. The summed E-state index contributed by atoms with van der Waals surface area (Å²) in [6.45, 7) is 0. The van der Waals surface area contributed by atoms with Gasteiger partial charge in [-0.25, -0.2) is 13.9 Å². The van der Waals surface area contributed by atoms with Crippen LogP contribution in [0.3, 0.4) is 0 Å². The molecule has 1 aromatic heterocycles. The number of primary amides is 1. The van der Waals surface area contributed by atoms with Gasteiger partial charge >= 0.3 is 0 Å². The Morgan fingerprint density at radius 2 is 2.00 bits per heavy atom. The summed E-state index contributed by atoms with van der Waals surface area (Å²) in [5, 5.41) is 9.42. The number of carbonyl (C=O) groups is 2. The van der Waals surface area contributed by atoms with E-state index in [0.717, 1.165) is 42.4 Å². The highest BCUT2D eigenvalue weighted by Gasteiger charge is 2.27. The van der Waals surface area contributed by atoms with Gasteiger partial charge in [0.15, 0.2) is 0 Å². The largest absolute Gasteiger partial charge is 0.461 e. The average Bonchev–Trinajstić information content (AvgIpc) is 2.98. The van der Waals surface area contributed by atoms with Crippen LogP contribution in [0, 0.1) is 0 Å². The molecule has 26 heavy (non-hydrogen) atoms. The molecule has 10 heteroatoms. The Labute approximate surface area is 149 Å². The van der Waals surface area contributed by atoms with Crippen LogP contribution in [0.5, 0.6) is 0 Å². The first-order valence-electron chi connectivity index (χ1n) is 8.10. The minimum absolute atomic E-state index is 0.105. The summed E-state index contributed by atoms with van der Waals surface area (Å²) in [6.07, 6.45) is 3.20. The quantitative estimate of drug-likeness (QED) is 0.418. The van der Waals surface area contributed by atoms with Crippen LogP contribution < -0.4 is 15.9 Å². The van der Waals surface area contributed by atoms with E-state index < -0.39 is 34.3 Å². The van der Waals surface area contributed by atoms with E-state index in [1.807, 2.05) is 0 Å². The van der Waals surface area contributed by atoms with Crippen molar-refractivity contribution in [2.24, 2.45) is 5.73 Å². The van der Waals surface area contributed by atoms with Gasteiger partial charge in [0.2, 0.25) is 21.8 Å². The molecule has 1 aromatic carbocycles. The number of hydroxylamine groups is 1. The van der Waals surface area contributed by atoms with E-state index in [1.165, 1.54) is 17.6 Å². The predicted molar refractivity (Wildman–Crippen MR) is 90.7 cm³/mol. The van der Waals surface area contributed by atoms with Crippen LogP contribution in [-0.2, 0) is 32.5 Å². The minimum atomic E-state index is -4.12. The Balaban J connectivity index is 1.91. The third-order valence-corrected chi connectivity index (χ3v) is 5.86. The molecular weight excluding hydrogens is 362 g/mol. The van der Waals surface area contributed by atoms with Crippen LogP contribution in [-0.4, -0.2) is 31.5 Å². The van der Waals surface area contributed by atoms with Gasteiger partial charge in [0, 0.05) is 23.4 Å². The first-order chi connectivity index (χ1) is 12.3. The van der Waals surface area contributed by atoms with Gasteiger partial charge in [0.25, 0.3) is 0 Å². The molecule has 1 aliphatic carbocycles. The molecule has 0 fully saturated rings. The maximum Gasteiger partial charge on any atom is 0.245 e. The van der Waals surface area contributed by atoms with Crippen molar-refractivity contribution < 1.29 is 27.6 Å². The molecule has 1 aliphatic rings. The molecule has 0 radical (unpaired) electrons. The van der Waals surface area contributed by atoms with Gasteiger partial charge in [-0.1, -0.05) is 0 Å². The summed E-state index contributed by atoms with van der Waals surface area (Å²) in [5.74, 6) is -1.10. The second-order valence-electron chi connectivity index (χ2n) is 6.18. The van der Waals surface area contributed by atoms with Crippen molar-refractivity contribution in [3.63, 3.8) is 0 Å². The lowest BCUT2D eigenvalue weighted by Crippen LogP contribution is -2.46. The molecule has 3 rings (SSSR count). The summed E-state index contributed by atoms with van der Waals surface area (Å²) in [6, 6.07) is 2.99. The Morgan fingerprint density at radius 3 is 2.69 bits per heavy atom. The fourth-order valence-electron chi connectivity index (χ4n) is 3.10. The second kappa shape index (κ2) is 7.06. The Bertz CT molecular complexity index is 966. The molecule has 2 amide bonds. The number of rotatable bonds is 6. The molecule has 9 nitrogen and oxygen atoms in total. The number of sulfonamides is 1. The third kappa shape index (κ3) is 3.57. The van der Waals surface area contributed by atoms with E-state index >= 15 is 0 Å². The van der Waals surface area contributed by atoms with E-state index in [1.54, 1.807) is 6.07 Å². The molecule has 0 unspecified atom stereocenters. The second-order valence-corrected chi connectivity index (χ2v) is 7.90. The van der Waals surface area contributed by atoms with Crippen LogP contribution in [0.25, 0.3) is 11.0 Å². The van der Waals surface area contributed by atoms with Crippen molar-refractivity contribution in [3.05, 3.63) is 29.5 Å². The number of aryl methyl sites for hydroxylation is 2. The number of nitrogens with two attached hydrogens (primary N) is 1. The minimum Gasteiger partial charge on any atom is -0.461 e. The van der Waals surface area contributed by atoms with Gasteiger partial charge < -0.3 is 10.2 Å². The van der Waals surface area contributed by atoms with Crippen molar-refractivity contribution in [1.82, 2.24) is 10.2 Å². The fourth-order valence-corrected chi connectivity index (χ4v) is 4.32. The first-order valence-corrected chi connectivity index (χ1v) is 9.59. The molecule has 5 N–H and O–H groups in total. The molecule has 0 spiro atoms. The average molecular weight is 381 g/mol. The van der Waals surface area contributed by atoms with Gasteiger partial charge in [0.05, 0.1) is 11.3 Å². The number of fused-ring (bicyclic) bond motifs is 3. The van der Waals surface area contributed by atoms with Crippen LogP contribution in [0.4, 0.5) is 0 Å². The van der Waals surface area contributed by atoms with E-state index in [-0.39, 0.29) is 4.90 Å². The Kier molecular flexibility index (Phi) is 4.99. The van der Waals surface area contributed by atoms with Gasteiger partial charge in [-0.05, 0) is 31.4 Å². The maximum atomic E-state index is 12.5. The van der Waals surface area contributed by atoms with Crippen molar-refractivity contribution in [2.75, 3.05) is 0 Å². The van der Waals surface area contributed by atoms with Crippen LogP contribution in [0.2, 0.25) is 0 Å². The predicted octanol–water partition coefficient (Wildman–Crippen LogP) is 0.339. The number of carbonyl (C=O) groups excluding carboxylic acids is 2. The van der Waals surface area contributed by atoms with E-state index in [0.29, 0.717) is 5.58 Å². The number of nitrogens with one attached hydrogen (secondary N) is 2. The molecule has 1 atom stereocenters.